The Morgan fingerprint density at radius 1 is 1.42 bits per heavy atom. The summed E-state index contributed by atoms with van der Waals surface area (Å²) in [5, 5.41) is 0. The molecule has 19 heavy (non-hydrogen) atoms. The van der Waals surface area contributed by atoms with Crippen LogP contribution in [0.3, 0.4) is 0 Å². The van der Waals surface area contributed by atoms with E-state index in [9.17, 15) is 0 Å². The molecule has 0 bridgehead atoms. The van der Waals surface area contributed by atoms with E-state index in [1.807, 2.05) is 0 Å². The SMILES string of the molecule is CC1CN(C(C)CN)c2cc(C(C)(C)C)ccc2O1. The van der Waals surface area contributed by atoms with Crippen molar-refractivity contribution in [1.82, 2.24) is 0 Å². The molecule has 1 aromatic carbocycles. The van der Waals surface area contributed by atoms with Crippen molar-refractivity contribution in [3.05, 3.63) is 23.8 Å². The number of nitrogens with zero attached hydrogens (tertiary/aromatic N) is 1. The van der Waals surface area contributed by atoms with Gasteiger partial charge in [-0.2, -0.15) is 0 Å². The summed E-state index contributed by atoms with van der Waals surface area (Å²) in [5.74, 6) is 0.979. The molecule has 0 amide bonds. The fourth-order valence-corrected chi connectivity index (χ4v) is 2.48. The second kappa shape index (κ2) is 5.04. The molecule has 2 unspecified atom stereocenters. The molecule has 1 aromatic rings. The summed E-state index contributed by atoms with van der Waals surface area (Å²) in [4.78, 5) is 2.37. The number of hydrogen-bond acceptors (Lipinski definition) is 3. The summed E-state index contributed by atoms with van der Waals surface area (Å²) >= 11 is 0. The molecule has 3 heteroatoms. The quantitative estimate of drug-likeness (QED) is 0.890. The van der Waals surface area contributed by atoms with Crippen LogP contribution < -0.4 is 15.4 Å². The van der Waals surface area contributed by atoms with E-state index in [-0.39, 0.29) is 11.5 Å². The first-order chi connectivity index (χ1) is 8.82. The lowest BCUT2D eigenvalue weighted by molar-refractivity contribution is 0.208. The monoisotopic (exact) mass is 262 g/mol. The van der Waals surface area contributed by atoms with Gasteiger partial charge < -0.3 is 15.4 Å². The Bertz CT molecular complexity index is 451. The second-order valence-corrected chi connectivity index (χ2v) is 6.60. The van der Waals surface area contributed by atoms with Crippen LogP contribution in [0, 0.1) is 0 Å². The molecule has 1 aliphatic rings. The number of anilines is 1. The van der Waals surface area contributed by atoms with Crippen molar-refractivity contribution in [3.8, 4) is 5.75 Å². The molecule has 0 fully saturated rings. The van der Waals surface area contributed by atoms with Crippen LogP contribution in [0.5, 0.6) is 5.75 Å². The average molecular weight is 262 g/mol. The smallest absolute Gasteiger partial charge is 0.143 e. The van der Waals surface area contributed by atoms with Gasteiger partial charge in [0.2, 0.25) is 0 Å². The predicted octanol–water partition coefficient (Wildman–Crippen LogP) is 2.92. The first-order valence-electron chi connectivity index (χ1n) is 7.11. The highest BCUT2D eigenvalue weighted by Crippen LogP contribution is 2.38. The van der Waals surface area contributed by atoms with E-state index in [1.54, 1.807) is 0 Å². The van der Waals surface area contributed by atoms with E-state index >= 15 is 0 Å². The van der Waals surface area contributed by atoms with Crippen LogP contribution in [-0.2, 0) is 5.41 Å². The van der Waals surface area contributed by atoms with Crippen LogP contribution >= 0.6 is 0 Å². The van der Waals surface area contributed by atoms with Gasteiger partial charge in [-0.25, -0.2) is 0 Å². The summed E-state index contributed by atoms with van der Waals surface area (Å²) in [7, 11) is 0. The van der Waals surface area contributed by atoms with Crippen molar-refractivity contribution < 1.29 is 4.74 Å². The zero-order valence-electron chi connectivity index (χ0n) is 12.7. The summed E-state index contributed by atoms with van der Waals surface area (Å²) < 4.78 is 5.94. The van der Waals surface area contributed by atoms with E-state index in [4.69, 9.17) is 10.5 Å². The number of rotatable bonds is 2. The minimum atomic E-state index is 0.149. The maximum atomic E-state index is 5.94. The van der Waals surface area contributed by atoms with E-state index in [0.717, 1.165) is 12.3 Å². The van der Waals surface area contributed by atoms with Crippen molar-refractivity contribution in [2.24, 2.45) is 5.73 Å². The first kappa shape index (κ1) is 14.2. The summed E-state index contributed by atoms with van der Waals surface area (Å²) in [6.45, 7) is 12.5. The lowest BCUT2D eigenvalue weighted by Gasteiger charge is -2.39. The van der Waals surface area contributed by atoms with Crippen LogP contribution in [0.1, 0.15) is 40.2 Å². The van der Waals surface area contributed by atoms with E-state index in [2.05, 4.69) is 57.7 Å². The zero-order chi connectivity index (χ0) is 14.2. The van der Waals surface area contributed by atoms with Crippen molar-refractivity contribution >= 4 is 5.69 Å². The van der Waals surface area contributed by atoms with Crippen LogP contribution in [0.2, 0.25) is 0 Å². The molecular formula is C16H26N2O. The number of hydrogen-bond donors (Lipinski definition) is 1. The van der Waals surface area contributed by atoms with Crippen molar-refractivity contribution in [2.45, 2.75) is 52.2 Å². The largest absolute Gasteiger partial charge is 0.487 e. The van der Waals surface area contributed by atoms with Gasteiger partial charge in [-0.15, -0.1) is 0 Å². The Balaban J connectivity index is 2.44. The molecule has 1 heterocycles. The van der Waals surface area contributed by atoms with Gasteiger partial charge in [0.15, 0.2) is 0 Å². The summed E-state index contributed by atoms with van der Waals surface area (Å²) in [6, 6.07) is 6.86. The average Bonchev–Trinajstić information content (AvgIpc) is 2.35. The maximum Gasteiger partial charge on any atom is 0.143 e. The zero-order valence-corrected chi connectivity index (χ0v) is 12.7. The van der Waals surface area contributed by atoms with E-state index < -0.39 is 0 Å². The Labute approximate surface area is 116 Å². The molecular weight excluding hydrogens is 236 g/mol. The fourth-order valence-electron chi connectivity index (χ4n) is 2.48. The third kappa shape index (κ3) is 2.86. The third-order valence-corrected chi connectivity index (χ3v) is 3.79. The van der Waals surface area contributed by atoms with E-state index in [1.165, 1.54) is 11.3 Å². The van der Waals surface area contributed by atoms with Crippen LogP contribution in [0.4, 0.5) is 5.69 Å². The second-order valence-electron chi connectivity index (χ2n) is 6.60. The number of nitrogens with two attached hydrogens (primary N) is 1. The van der Waals surface area contributed by atoms with Crippen LogP contribution in [0.15, 0.2) is 18.2 Å². The van der Waals surface area contributed by atoms with Gasteiger partial charge >= 0.3 is 0 Å². The third-order valence-electron chi connectivity index (χ3n) is 3.79. The molecule has 106 valence electrons. The Morgan fingerprint density at radius 3 is 2.68 bits per heavy atom. The molecule has 2 atom stereocenters. The van der Waals surface area contributed by atoms with Gasteiger partial charge in [-0.05, 0) is 37.0 Å². The standard InChI is InChI=1S/C16H26N2O/c1-11(9-17)18-10-12(2)19-15-7-6-13(8-14(15)18)16(3,4)5/h6-8,11-12H,9-10,17H2,1-5H3. The number of benzene rings is 1. The van der Waals surface area contributed by atoms with E-state index in [0.29, 0.717) is 12.6 Å². The Hall–Kier alpha value is -1.22. The Kier molecular flexibility index (Phi) is 3.77. The molecule has 0 aromatic heterocycles. The molecule has 0 radical (unpaired) electrons. The molecule has 0 saturated carbocycles. The van der Waals surface area contributed by atoms with Gasteiger partial charge in [-0.3, -0.25) is 0 Å². The molecule has 2 rings (SSSR count). The molecule has 0 aliphatic carbocycles. The number of fused-ring (bicyclic) bond motifs is 1. The lowest BCUT2D eigenvalue weighted by Crippen LogP contribution is -2.46. The lowest BCUT2D eigenvalue weighted by atomic mass is 9.86. The highest BCUT2D eigenvalue weighted by atomic mass is 16.5. The van der Waals surface area contributed by atoms with Gasteiger partial charge in [-0.1, -0.05) is 26.8 Å². The van der Waals surface area contributed by atoms with Gasteiger partial charge in [0.1, 0.15) is 11.9 Å². The number of ether oxygens (including phenoxy) is 1. The summed E-state index contributed by atoms with van der Waals surface area (Å²) in [5.41, 5.74) is 8.51. The highest BCUT2D eigenvalue weighted by molar-refractivity contribution is 5.63. The topological polar surface area (TPSA) is 38.5 Å². The van der Waals surface area contributed by atoms with Crippen molar-refractivity contribution in [3.63, 3.8) is 0 Å². The molecule has 3 nitrogen and oxygen atoms in total. The van der Waals surface area contributed by atoms with Gasteiger partial charge in [0.25, 0.3) is 0 Å². The van der Waals surface area contributed by atoms with Gasteiger partial charge in [0.05, 0.1) is 12.2 Å². The molecule has 1 aliphatic heterocycles. The van der Waals surface area contributed by atoms with Crippen molar-refractivity contribution in [2.75, 3.05) is 18.0 Å². The molecule has 0 saturated heterocycles. The van der Waals surface area contributed by atoms with Crippen LogP contribution in [-0.4, -0.2) is 25.2 Å². The van der Waals surface area contributed by atoms with Crippen molar-refractivity contribution in [1.29, 1.82) is 0 Å². The fraction of sp³-hybridized carbons (Fsp3) is 0.625. The predicted molar refractivity (Wildman–Crippen MR) is 81.1 cm³/mol. The highest BCUT2D eigenvalue weighted by Gasteiger charge is 2.27. The molecule has 2 N–H and O–H groups in total. The summed E-state index contributed by atoms with van der Waals surface area (Å²) in [6.07, 6.45) is 0.210. The molecule has 0 spiro atoms. The maximum absolute atomic E-state index is 5.94. The van der Waals surface area contributed by atoms with Crippen LogP contribution in [0.25, 0.3) is 0 Å². The minimum Gasteiger partial charge on any atom is -0.487 e. The first-order valence-corrected chi connectivity index (χ1v) is 7.11. The van der Waals surface area contributed by atoms with Gasteiger partial charge in [0, 0.05) is 12.6 Å². The Morgan fingerprint density at radius 2 is 2.11 bits per heavy atom. The normalized spacial score (nSPS) is 20.7. The minimum absolute atomic E-state index is 0.149.